The largest absolute Gasteiger partial charge is 0.480 e. The average molecular weight is 266 g/mol. The molecule has 3 atom stereocenters. The molecule has 0 bridgehead atoms. The highest BCUT2D eigenvalue weighted by Gasteiger charge is 2.48. The molecule has 2 heterocycles. The molecule has 4 heteroatoms. The Bertz CT molecular complexity index is 339. The van der Waals surface area contributed by atoms with Gasteiger partial charge in [0.2, 0.25) is 0 Å². The number of rotatable bonds is 2. The average Bonchev–Trinajstić information content (AvgIpc) is 2.79. The van der Waals surface area contributed by atoms with Crippen molar-refractivity contribution in [3.63, 3.8) is 0 Å². The molecular formula is C15H26N2O2. The summed E-state index contributed by atoms with van der Waals surface area (Å²) in [6, 6.07) is 0.857. The molecule has 19 heavy (non-hydrogen) atoms. The molecule has 1 saturated carbocycles. The lowest BCUT2D eigenvalue weighted by Crippen LogP contribution is -2.52. The van der Waals surface area contributed by atoms with Crippen molar-refractivity contribution in [2.75, 3.05) is 20.1 Å². The van der Waals surface area contributed by atoms with Gasteiger partial charge in [0.25, 0.3) is 0 Å². The van der Waals surface area contributed by atoms with Crippen LogP contribution in [-0.4, -0.2) is 59.1 Å². The minimum atomic E-state index is -0.590. The van der Waals surface area contributed by atoms with Gasteiger partial charge in [0.05, 0.1) is 0 Å². The van der Waals surface area contributed by atoms with E-state index in [0.29, 0.717) is 18.0 Å². The van der Waals surface area contributed by atoms with Crippen molar-refractivity contribution in [3.05, 3.63) is 0 Å². The predicted octanol–water partition coefficient (Wildman–Crippen LogP) is 1.80. The van der Waals surface area contributed by atoms with Crippen LogP contribution in [0.1, 0.15) is 44.9 Å². The maximum atomic E-state index is 11.6. The number of hydrogen-bond acceptors (Lipinski definition) is 3. The molecule has 0 radical (unpaired) electrons. The van der Waals surface area contributed by atoms with E-state index in [0.717, 1.165) is 32.4 Å². The fraction of sp³-hybridized carbons (Fsp3) is 0.933. The van der Waals surface area contributed by atoms with E-state index in [1.807, 2.05) is 0 Å². The van der Waals surface area contributed by atoms with Crippen molar-refractivity contribution < 1.29 is 9.90 Å². The number of piperidine rings is 1. The molecule has 2 aliphatic heterocycles. The molecule has 0 aromatic rings. The number of aliphatic carboxylic acids is 1. The number of carbonyl (C=O) groups is 1. The van der Waals surface area contributed by atoms with Gasteiger partial charge in [-0.1, -0.05) is 12.8 Å². The Labute approximate surface area is 115 Å². The van der Waals surface area contributed by atoms with Crippen LogP contribution < -0.4 is 0 Å². The molecule has 2 saturated heterocycles. The van der Waals surface area contributed by atoms with Gasteiger partial charge in [-0.05, 0) is 58.2 Å². The third-order valence-corrected chi connectivity index (χ3v) is 5.53. The van der Waals surface area contributed by atoms with Crippen molar-refractivity contribution in [2.24, 2.45) is 5.92 Å². The van der Waals surface area contributed by atoms with E-state index >= 15 is 0 Å². The summed E-state index contributed by atoms with van der Waals surface area (Å²) >= 11 is 0. The van der Waals surface area contributed by atoms with E-state index in [-0.39, 0.29) is 6.04 Å². The van der Waals surface area contributed by atoms with Gasteiger partial charge in [0.15, 0.2) is 0 Å². The molecule has 3 unspecified atom stereocenters. The predicted molar refractivity (Wildman–Crippen MR) is 74.1 cm³/mol. The van der Waals surface area contributed by atoms with E-state index in [9.17, 15) is 9.90 Å². The molecule has 1 aliphatic carbocycles. The molecule has 3 fully saturated rings. The zero-order chi connectivity index (χ0) is 13.4. The monoisotopic (exact) mass is 266 g/mol. The molecule has 0 aromatic heterocycles. The molecule has 3 aliphatic rings. The first-order valence-electron chi connectivity index (χ1n) is 7.85. The summed E-state index contributed by atoms with van der Waals surface area (Å²) in [5.74, 6) is 0.0582. The molecule has 0 spiro atoms. The Hall–Kier alpha value is -0.610. The van der Waals surface area contributed by atoms with Gasteiger partial charge in [-0.3, -0.25) is 9.69 Å². The first-order chi connectivity index (χ1) is 9.16. The van der Waals surface area contributed by atoms with Crippen molar-refractivity contribution >= 4 is 5.97 Å². The Balaban J connectivity index is 1.76. The third kappa shape index (κ3) is 2.52. The topological polar surface area (TPSA) is 43.8 Å². The second-order valence-electron chi connectivity index (χ2n) is 6.68. The fourth-order valence-electron chi connectivity index (χ4n) is 4.54. The lowest BCUT2D eigenvalue weighted by atomic mass is 9.84. The number of hydrogen-bond donors (Lipinski definition) is 1. The maximum Gasteiger partial charge on any atom is 0.320 e. The number of nitrogens with zero attached hydrogens (tertiary/aromatic N) is 2. The zero-order valence-corrected chi connectivity index (χ0v) is 11.9. The number of fused-ring (bicyclic) bond motifs is 1. The fourth-order valence-corrected chi connectivity index (χ4v) is 4.54. The maximum absolute atomic E-state index is 11.6. The summed E-state index contributed by atoms with van der Waals surface area (Å²) in [4.78, 5) is 16.4. The van der Waals surface area contributed by atoms with Gasteiger partial charge >= 0.3 is 5.97 Å². The number of carboxylic acids is 1. The molecule has 1 N–H and O–H groups in total. The summed E-state index contributed by atoms with van der Waals surface area (Å²) in [7, 11) is 2.16. The highest BCUT2D eigenvalue weighted by molar-refractivity contribution is 5.74. The summed E-state index contributed by atoms with van der Waals surface area (Å²) in [6.07, 6.45) is 8.24. The van der Waals surface area contributed by atoms with Crippen LogP contribution in [0.5, 0.6) is 0 Å². The van der Waals surface area contributed by atoms with Crippen molar-refractivity contribution in [2.45, 2.75) is 63.1 Å². The zero-order valence-electron chi connectivity index (χ0n) is 11.9. The molecule has 4 nitrogen and oxygen atoms in total. The lowest BCUT2D eigenvalue weighted by Gasteiger charge is -2.42. The Morgan fingerprint density at radius 2 is 1.79 bits per heavy atom. The van der Waals surface area contributed by atoms with Gasteiger partial charge in [-0.2, -0.15) is 0 Å². The van der Waals surface area contributed by atoms with E-state index in [1.165, 1.54) is 25.7 Å². The molecule has 0 aromatic carbocycles. The first kappa shape index (κ1) is 13.4. The SMILES string of the molecule is CN1CCC(N2C(C(=O)O)CC3CCCCC32)CC1. The van der Waals surface area contributed by atoms with Crippen LogP contribution in [0.25, 0.3) is 0 Å². The summed E-state index contributed by atoms with van der Waals surface area (Å²) < 4.78 is 0. The van der Waals surface area contributed by atoms with Crippen LogP contribution in [0.4, 0.5) is 0 Å². The summed E-state index contributed by atoms with van der Waals surface area (Å²) in [6.45, 7) is 2.23. The first-order valence-corrected chi connectivity index (χ1v) is 7.85. The van der Waals surface area contributed by atoms with E-state index < -0.39 is 5.97 Å². The van der Waals surface area contributed by atoms with E-state index in [2.05, 4.69) is 16.8 Å². The molecule has 108 valence electrons. The number of likely N-dealkylation sites (tertiary alicyclic amines) is 2. The minimum absolute atomic E-state index is 0.207. The van der Waals surface area contributed by atoms with Crippen molar-refractivity contribution in [1.82, 2.24) is 9.80 Å². The van der Waals surface area contributed by atoms with Gasteiger partial charge in [-0.25, -0.2) is 0 Å². The van der Waals surface area contributed by atoms with Gasteiger partial charge in [0.1, 0.15) is 6.04 Å². The van der Waals surface area contributed by atoms with E-state index in [1.54, 1.807) is 0 Å². The Kier molecular flexibility index (Phi) is 3.81. The van der Waals surface area contributed by atoms with Gasteiger partial charge in [0, 0.05) is 12.1 Å². The van der Waals surface area contributed by atoms with Crippen molar-refractivity contribution in [3.8, 4) is 0 Å². The van der Waals surface area contributed by atoms with Crippen LogP contribution in [-0.2, 0) is 4.79 Å². The third-order valence-electron chi connectivity index (χ3n) is 5.53. The van der Waals surface area contributed by atoms with Crippen LogP contribution in [0.2, 0.25) is 0 Å². The second-order valence-corrected chi connectivity index (χ2v) is 6.68. The highest BCUT2D eigenvalue weighted by atomic mass is 16.4. The normalized spacial score (nSPS) is 38.3. The van der Waals surface area contributed by atoms with Gasteiger partial charge in [-0.15, -0.1) is 0 Å². The van der Waals surface area contributed by atoms with Crippen LogP contribution >= 0.6 is 0 Å². The van der Waals surface area contributed by atoms with Crippen LogP contribution in [0.3, 0.4) is 0 Å². The Morgan fingerprint density at radius 1 is 1.11 bits per heavy atom. The van der Waals surface area contributed by atoms with Crippen LogP contribution in [0.15, 0.2) is 0 Å². The minimum Gasteiger partial charge on any atom is -0.480 e. The van der Waals surface area contributed by atoms with Crippen LogP contribution in [0, 0.1) is 5.92 Å². The van der Waals surface area contributed by atoms with E-state index in [4.69, 9.17) is 0 Å². The Morgan fingerprint density at radius 3 is 2.47 bits per heavy atom. The van der Waals surface area contributed by atoms with Gasteiger partial charge < -0.3 is 10.0 Å². The lowest BCUT2D eigenvalue weighted by molar-refractivity contribution is -0.144. The van der Waals surface area contributed by atoms with Crippen molar-refractivity contribution in [1.29, 1.82) is 0 Å². The number of carboxylic acid groups (broad SMARTS) is 1. The molecular weight excluding hydrogens is 240 g/mol. The molecule has 0 amide bonds. The standard InChI is InChI=1S/C15H26N2O2/c1-16-8-6-12(7-9-16)17-13-5-3-2-4-11(13)10-14(17)15(18)19/h11-14H,2-10H2,1H3,(H,18,19). The summed E-state index contributed by atoms with van der Waals surface area (Å²) in [5.41, 5.74) is 0. The quantitative estimate of drug-likeness (QED) is 0.827. The second kappa shape index (κ2) is 5.41. The smallest absolute Gasteiger partial charge is 0.320 e. The molecule has 3 rings (SSSR count). The summed E-state index contributed by atoms with van der Waals surface area (Å²) in [5, 5.41) is 9.56. The highest BCUT2D eigenvalue weighted by Crippen LogP contribution is 2.42.